The lowest BCUT2D eigenvalue weighted by Gasteiger charge is -2.04. The molecule has 0 spiro atoms. The Hall–Kier alpha value is -1.61. The normalized spacial score (nSPS) is 10.9. The summed E-state index contributed by atoms with van der Waals surface area (Å²) in [5.74, 6) is 0. The summed E-state index contributed by atoms with van der Waals surface area (Å²) in [7, 11) is 0. The molecular weight excluding hydrogens is 276 g/mol. The molecule has 3 aromatic rings. The van der Waals surface area contributed by atoms with Crippen molar-refractivity contribution in [2.75, 3.05) is 0 Å². The third-order valence-corrected chi connectivity index (χ3v) is 3.26. The van der Waals surface area contributed by atoms with E-state index in [0.717, 1.165) is 15.8 Å². The molecule has 84 valence electrons. The summed E-state index contributed by atoms with van der Waals surface area (Å²) in [5, 5.41) is 0. The van der Waals surface area contributed by atoms with Crippen molar-refractivity contribution in [1.82, 2.24) is 9.38 Å². The molecular formula is C14H11BrN2. The summed E-state index contributed by atoms with van der Waals surface area (Å²) >= 11 is 3.53. The van der Waals surface area contributed by atoms with E-state index >= 15 is 0 Å². The maximum Gasteiger partial charge on any atom is 0.140 e. The Kier molecular flexibility index (Phi) is 2.48. The van der Waals surface area contributed by atoms with Gasteiger partial charge in [-0.3, -0.25) is 4.40 Å². The Labute approximate surface area is 108 Å². The summed E-state index contributed by atoms with van der Waals surface area (Å²) in [6.45, 7) is 2.07. The first-order valence-corrected chi connectivity index (χ1v) is 6.23. The van der Waals surface area contributed by atoms with Crippen molar-refractivity contribution in [3.8, 4) is 11.3 Å². The zero-order valence-electron chi connectivity index (χ0n) is 9.39. The Balaban J connectivity index is 2.32. The number of hydrogen-bond donors (Lipinski definition) is 0. The number of fused-ring (bicyclic) bond motifs is 1. The van der Waals surface area contributed by atoms with Gasteiger partial charge in [0, 0.05) is 16.2 Å². The van der Waals surface area contributed by atoms with Gasteiger partial charge in [0.2, 0.25) is 0 Å². The minimum atomic E-state index is 1.01. The first-order valence-electron chi connectivity index (χ1n) is 5.44. The van der Waals surface area contributed by atoms with E-state index in [9.17, 15) is 0 Å². The molecule has 0 fully saturated rings. The Morgan fingerprint density at radius 2 is 1.94 bits per heavy atom. The number of rotatable bonds is 1. The molecule has 0 aliphatic rings. The quantitative estimate of drug-likeness (QED) is 0.659. The largest absolute Gasteiger partial charge is 0.298 e. The number of hydrogen-bond acceptors (Lipinski definition) is 1. The maximum atomic E-state index is 4.48. The standard InChI is InChI=1S/C14H11BrN2/c1-10-7-12(15)9-17-13(8-16-14(10)17)11-5-3-2-4-6-11/h2-9H,1H3. The molecule has 0 bridgehead atoms. The molecule has 2 heterocycles. The van der Waals surface area contributed by atoms with Gasteiger partial charge in [-0.2, -0.15) is 0 Å². The van der Waals surface area contributed by atoms with Crippen LogP contribution in [0.15, 0.2) is 53.3 Å². The minimum Gasteiger partial charge on any atom is -0.298 e. The van der Waals surface area contributed by atoms with Crippen LogP contribution in [0.4, 0.5) is 0 Å². The van der Waals surface area contributed by atoms with Gasteiger partial charge in [0.15, 0.2) is 0 Å². The number of pyridine rings is 1. The van der Waals surface area contributed by atoms with E-state index < -0.39 is 0 Å². The molecule has 2 nitrogen and oxygen atoms in total. The lowest BCUT2D eigenvalue weighted by atomic mass is 10.2. The Morgan fingerprint density at radius 1 is 1.18 bits per heavy atom. The predicted molar refractivity (Wildman–Crippen MR) is 73.1 cm³/mol. The minimum absolute atomic E-state index is 1.01. The fourth-order valence-electron chi connectivity index (χ4n) is 2.04. The SMILES string of the molecule is Cc1cc(Br)cn2c(-c3ccccc3)cnc12. The lowest BCUT2D eigenvalue weighted by Crippen LogP contribution is -1.90. The van der Waals surface area contributed by atoms with Crippen LogP contribution in [0.1, 0.15) is 5.56 Å². The van der Waals surface area contributed by atoms with Crippen LogP contribution < -0.4 is 0 Å². The molecule has 0 radical (unpaired) electrons. The molecule has 0 saturated carbocycles. The van der Waals surface area contributed by atoms with Gasteiger partial charge in [-0.25, -0.2) is 4.98 Å². The highest BCUT2D eigenvalue weighted by Gasteiger charge is 2.07. The lowest BCUT2D eigenvalue weighted by molar-refractivity contribution is 1.15. The van der Waals surface area contributed by atoms with Gasteiger partial charge in [-0.05, 0) is 34.5 Å². The van der Waals surface area contributed by atoms with Crippen molar-refractivity contribution in [2.45, 2.75) is 6.92 Å². The molecule has 0 unspecified atom stereocenters. The van der Waals surface area contributed by atoms with Crippen LogP contribution in [0.2, 0.25) is 0 Å². The van der Waals surface area contributed by atoms with Crippen molar-refractivity contribution in [3.05, 3.63) is 58.8 Å². The zero-order chi connectivity index (χ0) is 11.8. The molecule has 0 amide bonds. The van der Waals surface area contributed by atoms with Gasteiger partial charge in [-0.15, -0.1) is 0 Å². The van der Waals surface area contributed by atoms with Gasteiger partial charge in [0.25, 0.3) is 0 Å². The molecule has 0 aliphatic heterocycles. The second-order valence-electron chi connectivity index (χ2n) is 4.04. The van der Waals surface area contributed by atoms with Crippen molar-refractivity contribution >= 4 is 21.6 Å². The molecule has 3 heteroatoms. The van der Waals surface area contributed by atoms with Gasteiger partial charge in [-0.1, -0.05) is 30.3 Å². The van der Waals surface area contributed by atoms with E-state index in [0.29, 0.717) is 0 Å². The highest BCUT2D eigenvalue weighted by atomic mass is 79.9. The number of aromatic nitrogens is 2. The van der Waals surface area contributed by atoms with Crippen molar-refractivity contribution < 1.29 is 0 Å². The first-order chi connectivity index (χ1) is 8.25. The molecule has 0 N–H and O–H groups in total. The van der Waals surface area contributed by atoms with Crippen LogP contribution in [-0.2, 0) is 0 Å². The van der Waals surface area contributed by atoms with Crippen LogP contribution in [0.25, 0.3) is 16.9 Å². The van der Waals surface area contributed by atoms with Gasteiger partial charge >= 0.3 is 0 Å². The second-order valence-corrected chi connectivity index (χ2v) is 4.96. The highest BCUT2D eigenvalue weighted by molar-refractivity contribution is 9.10. The molecule has 1 aromatic carbocycles. The van der Waals surface area contributed by atoms with Gasteiger partial charge < -0.3 is 0 Å². The second kappa shape index (κ2) is 4.00. The van der Waals surface area contributed by atoms with Crippen LogP contribution in [0.5, 0.6) is 0 Å². The summed E-state index contributed by atoms with van der Waals surface area (Å²) in [6, 6.07) is 12.4. The zero-order valence-corrected chi connectivity index (χ0v) is 11.0. The topological polar surface area (TPSA) is 17.3 Å². The van der Waals surface area contributed by atoms with Crippen molar-refractivity contribution in [3.63, 3.8) is 0 Å². The Morgan fingerprint density at radius 3 is 2.71 bits per heavy atom. The molecule has 0 atom stereocenters. The fraction of sp³-hybridized carbons (Fsp3) is 0.0714. The molecule has 17 heavy (non-hydrogen) atoms. The predicted octanol–water partition coefficient (Wildman–Crippen LogP) is 4.07. The smallest absolute Gasteiger partial charge is 0.140 e. The highest BCUT2D eigenvalue weighted by Crippen LogP contribution is 2.24. The maximum absolute atomic E-state index is 4.48. The van der Waals surface area contributed by atoms with Crippen LogP contribution >= 0.6 is 15.9 Å². The molecule has 2 aromatic heterocycles. The van der Waals surface area contributed by atoms with E-state index in [4.69, 9.17) is 0 Å². The van der Waals surface area contributed by atoms with E-state index in [1.54, 1.807) is 0 Å². The first kappa shape index (κ1) is 10.5. The number of benzene rings is 1. The van der Waals surface area contributed by atoms with Gasteiger partial charge in [0.1, 0.15) is 5.65 Å². The van der Waals surface area contributed by atoms with Crippen molar-refractivity contribution in [2.24, 2.45) is 0 Å². The Bertz CT molecular complexity index is 671. The average Bonchev–Trinajstić information content (AvgIpc) is 2.74. The molecule has 3 rings (SSSR count). The van der Waals surface area contributed by atoms with Crippen LogP contribution in [-0.4, -0.2) is 9.38 Å². The number of imidazole rings is 1. The molecule has 0 aliphatic carbocycles. The van der Waals surface area contributed by atoms with Crippen LogP contribution in [0, 0.1) is 6.92 Å². The van der Waals surface area contributed by atoms with Crippen LogP contribution in [0.3, 0.4) is 0 Å². The number of aryl methyl sites for hydroxylation is 1. The summed E-state index contributed by atoms with van der Waals surface area (Å²) in [5.41, 5.74) is 4.47. The van der Waals surface area contributed by atoms with Crippen molar-refractivity contribution in [1.29, 1.82) is 0 Å². The van der Waals surface area contributed by atoms with E-state index in [1.165, 1.54) is 11.1 Å². The fourth-order valence-corrected chi connectivity index (χ4v) is 2.59. The summed E-state index contributed by atoms with van der Waals surface area (Å²) in [4.78, 5) is 4.48. The van der Waals surface area contributed by atoms with Gasteiger partial charge in [0.05, 0.1) is 11.9 Å². The molecule has 0 saturated heterocycles. The number of halogens is 1. The number of nitrogens with zero attached hydrogens (tertiary/aromatic N) is 2. The van der Waals surface area contributed by atoms with E-state index in [1.807, 2.05) is 24.4 Å². The summed E-state index contributed by atoms with van der Waals surface area (Å²) in [6.07, 6.45) is 3.97. The van der Waals surface area contributed by atoms with E-state index in [2.05, 4.69) is 56.6 Å². The van der Waals surface area contributed by atoms with E-state index in [-0.39, 0.29) is 0 Å². The average molecular weight is 287 g/mol. The monoisotopic (exact) mass is 286 g/mol. The third-order valence-electron chi connectivity index (χ3n) is 2.83. The third kappa shape index (κ3) is 1.76. The summed E-state index contributed by atoms with van der Waals surface area (Å²) < 4.78 is 3.19.